The predicted molar refractivity (Wildman–Crippen MR) is 194 cm³/mol. The molecule has 0 unspecified atom stereocenters. The van der Waals surface area contributed by atoms with E-state index in [1.807, 2.05) is 43.0 Å². The van der Waals surface area contributed by atoms with E-state index in [9.17, 15) is 32.7 Å². The highest BCUT2D eigenvalue weighted by Gasteiger charge is 2.32. The molecule has 0 saturated carbocycles. The summed E-state index contributed by atoms with van der Waals surface area (Å²) >= 11 is 6.15. The topological polar surface area (TPSA) is 164 Å². The van der Waals surface area contributed by atoms with E-state index in [4.69, 9.17) is 16.6 Å². The molecule has 2 amide bonds. The van der Waals surface area contributed by atoms with Crippen molar-refractivity contribution in [2.45, 2.75) is 39.9 Å². The number of rotatable bonds is 7. The highest BCUT2D eigenvalue weighted by Crippen LogP contribution is 2.34. The van der Waals surface area contributed by atoms with Crippen molar-refractivity contribution in [2.24, 2.45) is 0 Å². The van der Waals surface area contributed by atoms with Crippen LogP contribution in [-0.4, -0.2) is 82.1 Å². The van der Waals surface area contributed by atoms with E-state index < -0.39 is 35.7 Å². The van der Waals surface area contributed by atoms with Crippen LogP contribution in [0.4, 0.5) is 24.5 Å². The maximum atomic E-state index is 14.4. The van der Waals surface area contributed by atoms with Gasteiger partial charge in [-0.05, 0) is 62.7 Å². The lowest BCUT2D eigenvalue weighted by molar-refractivity contribution is -0.137. The number of aromatic nitrogens is 7. The number of hydrogen-bond acceptors (Lipinski definition) is 10. The number of hydrogen-bond donors (Lipinski definition) is 2. The summed E-state index contributed by atoms with van der Waals surface area (Å²) in [6.45, 7) is 5.66. The van der Waals surface area contributed by atoms with Gasteiger partial charge in [-0.25, -0.2) is 9.97 Å². The number of aryl methyl sites for hydroxylation is 2. The van der Waals surface area contributed by atoms with Gasteiger partial charge in [-0.1, -0.05) is 24.6 Å². The van der Waals surface area contributed by atoms with Gasteiger partial charge in [0.2, 0.25) is 11.7 Å². The molecule has 2 aromatic carbocycles. The predicted octanol–water partition coefficient (Wildman–Crippen LogP) is 5.05. The summed E-state index contributed by atoms with van der Waals surface area (Å²) < 4.78 is 42.5. The van der Waals surface area contributed by atoms with Crippen LogP contribution < -0.4 is 15.8 Å². The van der Waals surface area contributed by atoms with Gasteiger partial charge in [0, 0.05) is 42.8 Å². The number of halogens is 4. The number of carbonyl (C=O) groups excluding carboxylic acids is 2. The zero-order chi connectivity index (χ0) is 38.5. The van der Waals surface area contributed by atoms with Gasteiger partial charge in [0.15, 0.2) is 17.3 Å². The van der Waals surface area contributed by atoms with Crippen molar-refractivity contribution in [3.8, 4) is 17.1 Å². The molecule has 6 aromatic rings. The number of anilines is 2. The Bertz CT molecular complexity index is 2530. The number of carbonyl (C=O) groups is 2. The summed E-state index contributed by atoms with van der Waals surface area (Å²) in [5.74, 6) is -1.16. The van der Waals surface area contributed by atoms with Crippen LogP contribution in [0.25, 0.3) is 28.1 Å². The van der Waals surface area contributed by atoms with Crippen molar-refractivity contribution in [1.82, 2.24) is 39.0 Å². The monoisotopic (exact) mass is 760 g/mol. The summed E-state index contributed by atoms with van der Waals surface area (Å²) in [7, 11) is 0. The fourth-order valence-electron chi connectivity index (χ4n) is 6.45. The smallest absolute Gasteiger partial charge is 0.416 e. The Morgan fingerprint density at radius 2 is 1.74 bits per heavy atom. The molecule has 0 atom stereocenters. The Hall–Kier alpha value is -6.10. The van der Waals surface area contributed by atoms with E-state index in [0.29, 0.717) is 11.3 Å². The highest BCUT2D eigenvalue weighted by atomic mass is 35.5. The minimum atomic E-state index is -4.62. The third-order valence-corrected chi connectivity index (χ3v) is 9.52. The fraction of sp³-hybridized carbons (Fsp3) is 0.278. The number of aromatic hydroxyl groups is 1. The van der Waals surface area contributed by atoms with E-state index in [-0.39, 0.29) is 77.7 Å². The zero-order valence-electron chi connectivity index (χ0n) is 29.1. The van der Waals surface area contributed by atoms with Gasteiger partial charge in [0.05, 0.1) is 33.2 Å². The first kappa shape index (κ1) is 36.3. The van der Waals surface area contributed by atoms with Gasteiger partial charge >= 0.3 is 6.18 Å². The molecule has 1 aliphatic rings. The molecule has 4 aromatic heterocycles. The zero-order valence-corrected chi connectivity index (χ0v) is 29.9. The highest BCUT2D eigenvalue weighted by molar-refractivity contribution is 6.33. The molecule has 5 heterocycles. The molecule has 278 valence electrons. The van der Waals surface area contributed by atoms with Crippen LogP contribution in [0.1, 0.15) is 40.1 Å². The van der Waals surface area contributed by atoms with Crippen molar-refractivity contribution in [3.05, 3.63) is 98.6 Å². The van der Waals surface area contributed by atoms with Crippen molar-refractivity contribution in [1.29, 1.82) is 0 Å². The van der Waals surface area contributed by atoms with Crippen molar-refractivity contribution < 1.29 is 27.9 Å². The molecule has 0 aliphatic carbocycles. The summed E-state index contributed by atoms with van der Waals surface area (Å²) in [5.41, 5.74) is 1.55. The quantitative estimate of drug-likeness (QED) is 0.225. The average Bonchev–Trinajstić information content (AvgIpc) is 3.60. The number of alkyl halides is 3. The normalized spacial score (nSPS) is 13.5. The maximum Gasteiger partial charge on any atom is 0.416 e. The largest absolute Gasteiger partial charge is 0.504 e. The number of amides is 2. The van der Waals surface area contributed by atoms with Gasteiger partial charge in [-0.3, -0.25) is 19.4 Å². The van der Waals surface area contributed by atoms with E-state index in [0.717, 1.165) is 39.3 Å². The summed E-state index contributed by atoms with van der Waals surface area (Å²) in [6, 6.07) is 11.9. The summed E-state index contributed by atoms with van der Waals surface area (Å²) in [6.07, 6.45) is -3.15. The number of fused-ring (bicyclic) bond motifs is 2. The molecule has 0 spiro atoms. The van der Waals surface area contributed by atoms with Crippen LogP contribution in [0, 0.1) is 13.8 Å². The van der Waals surface area contributed by atoms with Crippen LogP contribution in [0.3, 0.4) is 0 Å². The van der Waals surface area contributed by atoms with Gasteiger partial charge in [0.1, 0.15) is 18.6 Å². The Balaban J connectivity index is 1.27. The van der Waals surface area contributed by atoms with Crippen LogP contribution in [-0.2, 0) is 23.9 Å². The molecule has 18 heteroatoms. The fourth-order valence-corrected chi connectivity index (χ4v) is 6.68. The molecule has 14 nitrogen and oxygen atoms in total. The third kappa shape index (κ3) is 6.77. The van der Waals surface area contributed by atoms with E-state index in [1.165, 1.54) is 11.2 Å². The second-order valence-electron chi connectivity index (χ2n) is 12.7. The van der Waals surface area contributed by atoms with Crippen molar-refractivity contribution >= 4 is 51.5 Å². The van der Waals surface area contributed by atoms with Gasteiger partial charge < -0.3 is 24.8 Å². The van der Waals surface area contributed by atoms with Crippen LogP contribution >= 0.6 is 11.6 Å². The Morgan fingerprint density at radius 3 is 2.44 bits per heavy atom. The lowest BCUT2D eigenvalue weighted by atomic mass is 10.1. The van der Waals surface area contributed by atoms with E-state index in [1.54, 1.807) is 17.6 Å². The first-order valence-electron chi connectivity index (χ1n) is 16.8. The molecular formula is C36H32ClF3N10O4. The standard InChI is InChI=1S/C36H32ClF3N10O4/c1-4-27-30(47-11-13-48(14-12-47)33(53)29-31(52)20(3)41-18-42-29)34(54)50-35(45-32(46-50)22-7-9-25-21(15-22)6-5-19(2)43-25)49(27)17-28(51)44-26-10-8-23(16-24(26)37)36(38,39)40/h5-10,15-16,18,52H,4,11-14,17H2,1-3H3,(H,44,51). The average molecular weight is 761 g/mol. The molecule has 1 saturated heterocycles. The van der Waals surface area contributed by atoms with E-state index >= 15 is 0 Å². The van der Waals surface area contributed by atoms with Gasteiger partial charge in [0.25, 0.3) is 11.5 Å². The minimum absolute atomic E-state index is 0.0297. The maximum absolute atomic E-state index is 14.4. The summed E-state index contributed by atoms with van der Waals surface area (Å²) in [5, 5.41) is 18.1. The molecule has 54 heavy (non-hydrogen) atoms. The first-order valence-corrected chi connectivity index (χ1v) is 17.2. The molecule has 1 fully saturated rings. The second-order valence-corrected chi connectivity index (χ2v) is 13.1. The molecule has 0 bridgehead atoms. The molecular weight excluding hydrogens is 729 g/mol. The van der Waals surface area contributed by atoms with Crippen LogP contribution in [0.15, 0.2) is 59.7 Å². The Labute approximate surface area is 309 Å². The third-order valence-electron chi connectivity index (χ3n) is 9.21. The number of benzene rings is 2. The van der Waals surface area contributed by atoms with Crippen LogP contribution in [0.2, 0.25) is 5.02 Å². The molecule has 1 aliphatic heterocycles. The molecule has 2 N–H and O–H groups in total. The Kier molecular flexibility index (Phi) is 9.43. The second kappa shape index (κ2) is 14.0. The first-order chi connectivity index (χ1) is 25.7. The van der Waals surface area contributed by atoms with E-state index in [2.05, 4.69) is 25.4 Å². The number of nitrogens with one attached hydrogen (secondary N) is 1. The Morgan fingerprint density at radius 1 is 0.981 bits per heavy atom. The minimum Gasteiger partial charge on any atom is -0.504 e. The molecule has 0 radical (unpaired) electrons. The van der Waals surface area contributed by atoms with Crippen LogP contribution in [0.5, 0.6) is 5.75 Å². The number of pyridine rings is 1. The summed E-state index contributed by atoms with van der Waals surface area (Å²) in [4.78, 5) is 61.7. The lowest BCUT2D eigenvalue weighted by Gasteiger charge is -2.36. The van der Waals surface area contributed by atoms with Crippen molar-refractivity contribution in [3.63, 3.8) is 0 Å². The van der Waals surface area contributed by atoms with Gasteiger partial charge in [-0.2, -0.15) is 22.7 Å². The molecule has 7 rings (SSSR count). The SMILES string of the molecule is CCc1c(N2CCN(C(=O)c3ncnc(C)c3O)CC2)c(=O)n2nc(-c3ccc4nc(C)ccc4c3)nc2n1CC(=O)Nc1ccc(C(F)(F)F)cc1Cl. The number of nitrogens with zero attached hydrogens (tertiary/aromatic N) is 9. The lowest BCUT2D eigenvalue weighted by Crippen LogP contribution is -2.51. The van der Waals surface area contributed by atoms with Crippen molar-refractivity contribution in [2.75, 3.05) is 36.4 Å². The van der Waals surface area contributed by atoms with Gasteiger partial charge in [-0.15, -0.1) is 5.10 Å². The number of piperazine rings is 1.